The summed E-state index contributed by atoms with van der Waals surface area (Å²) in [6.45, 7) is 2.12. The molecular formula is C14H22N2O3. The van der Waals surface area contributed by atoms with E-state index in [1.807, 2.05) is 36.2 Å². The normalized spacial score (nSPS) is 10.5. The summed E-state index contributed by atoms with van der Waals surface area (Å²) in [6, 6.07) is 7.90. The maximum absolute atomic E-state index is 11.0. The number of hydrogen-bond acceptors (Lipinski definition) is 5. The second-order valence-electron chi connectivity index (χ2n) is 4.35. The Bertz CT molecular complexity index is 379. The number of likely N-dealkylation sites (N-methyl/N-ethyl adjacent to an activating group) is 1. The van der Waals surface area contributed by atoms with Crippen LogP contribution in [-0.2, 0) is 16.0 Å². The summed E-state index contributed by atoms with van der Waals surface area (Å²) in [5, 5.41) is 0. The Morgan fingerprint density at radius 1 is 1.32 bits per heavy atom. The van der Waals surface area contributed by atoms with Crippen LogP contribution in [0.3, 0.4) is 0 Å². The van der Waals surface area contributed by atoms with Crippen molar-refractivity contribution in [2.75, 3.05) is 40.4 Å². The molecule has 1 rings (SSSR count). The zero-order valence-corrected chi connectivity index (χ0v) is 11.6. The molecular weight excluding hydrogens is 244 g/mol. The van der Waals surface area contributed by atoms with Crippen LogP contribution in [0.25, 0.3) is 0 Å². The average Bonchev–Trinajstić information content (AvgIpc) is 2.41. The van der Waals surface area contributed by atoms with Crippen molar-refractivity contribution >= 4 is 5.97 Å². The number of rotatable bonds is 8. The van der Waals surface area contributed by atoms with Gasteiger partial charge in [0.05, 0.1) is 13.7 Å². The van der Waals surface area contributed by atoms with Gasteiger partial charge in [-0.2, -0.15) is 0 Å². The van der Waals surface area contributed by atoms with Crippen LogP contribution in [0, 0.1) is 0 Å². The molecule has 0 heterocycles. The number of ether oxygens (including phenoxy) is 2. The van der Waals surface area contributed by atoms with Gasteiger partial charge in [-0.05, 0) is 37.7 Å². The van der Waals surface area contributed by atoms with Crippen molar-refractivity contribution in [3.05, 3.63) is 29.8 Å². The average molecular weight is 266 g/mol. The molecule has 5 nitrogen and oxygen atoms in total. The molecule has 0 aliphatic carbocycles. The first-order valence-electron chi connectivity index (χ1n) is 6.33. The lowest BCUT2D eigenvalue weighted by molar-refractivity contribution is -0.141. The summed E-state index contributed by atoms with van der Waals surface area (Å²) in [5.41, 5.74) is 6.69. The van der Waals surface area contributed by atoms with E-state index in [-0.39, 0.29) is 12.5 Å². The van der Waals surface area contributed by atoms with Gasteiger partial charge in [0.1, 0.15) is 12.4 Å². The lowest BCUT2D eigenvalue weighted by atomic mass is 10.1. The van der Waals surface area contributed by atoms with Crippen molar-refractivity contribution in [3.63, 3.8) is 0 Å². The number of carbonyl (C=O) groups excluding carboxylic acids is 1. The van der Waals surface area contributed by atoms with Crippen LogP contribution in [0.2, 0.25) is 0 Å². The van der Waals surface area contributed by atoms with E-state index in [4.69, 9.17) is 10.5 Å². The van der Waals surface area contributed by atoms with Gasteiger partial charge in [-0.3, -0.25) is 9.69 Å². The molecule has 0 radical (unpaired) electrons. The summed E-state index contributed by atoms with van der Waals surface area (Å²) in [5.74, 6) is 0.584. The maximum atomic E-state index is 11.0. The minimum atomic E-state index is -0.242. The Morgan fingerprint density at radius 2 is 2.00 bits per heavy atom. The molecule has 1 aromatic carbocycles. The Morgan fingerprint density at radius 3 is 2.58 bits per heavy atom. The molecule has 0 atom stereocenters. The zero-order valence-electron chi connectivity index (χ0n) is 11.6. The smallest absolute Gasteiger partial charge is 0.319 e. The first-order valence-corrected chi connectivity index (χ1v) is 6.33. The van der Waals surface area contributed by atoms with Crippen LogP contribution in [0.5, 0.6) is 5.75 Å². The van der Waals surface area contributed by atoms with E-state index in [1.165, 1.54) is 12.7 Å². The third-order valence-corrected chi connectivity index (χ3v) is 2.72. The number of carbonyl (C=O) groups is 1. The minimum Gasteiger partial charge on any atom is -0.492 e. The zero-order chi connectivity index (χ0) is 14.1. The first-order chi connectivity index (χ1) is 9.15. The monoisotopic (exact) mass is 266 g/mol. The molecule has 0 spiro atoms. The van der Waals surface area contributed by atoms with E-state index >= 15 is 0 Å². The number of hydrogen-bond donors (Lipinski definition) is 1. The van der Waals surface area contributed by atoms with E-state index in [2.05, 4.69) is 4.74 Å². The Hall–Kier alpha value is -1.59. The summed E-state index contributed by atoms with van der Waals surface area (Å²) < 4.78 is 10.2. The van der Waals surface area contributed by atoms with Crippen molar-refractivity contribution < 1.29 is 14.3 Å². The van der Waals surface area contributed by atoms with Crippen LogP contribution in [-0.4, -0.2) is 51.3 Å². The highest BCUT2D eigenvalue weighted by molar-refractivity contribution is 5.71. The molecule has 0 aromatic heterocycles. The van der Waals surface area contributed by atoms with Gasteiger partial charge in [0, 0.05) is 6.54 Å². The maximum Gasteiger partial charge on any atom is 0.319 e. The van der Waals surface area contributed by atoms with Crippen LogP contribution in [0.1, 0.15) is 5.56 Å². The van der Waals surface area contributed by atoms with Gasteiger partial charge in [-0.15, -0.1) is 0 Å². The summed E-state index contributed by atoms with van der Waals surface area (Å²) >= 11 is 0. The molecule has 0 bridgehead atoms. The van der Waals surface area contributed by atoms with Gasteiger partial charge in [0.25, 0.3) is 0 Å². The molecule has 2 N–H and O–H groups in total. The predicted octanol–water partition coefficient (Wildman–Crippen LogP) is 0.671. The van der Waals surface area contributed by atoms with E-state index < -0.39 is 0 Å². The summed E-state index contributed by atoms with van der Waals surface area (Å²) in [6.07, 6.45) is 0.877. The molecule has 0 aliphatic rings. The van der Waals surface area contributed by atoms with Crippen LogP contribution in [0.15, 0.2) is 24.3 Å². The van der Waals surface area contributed by atoms with Crippen molar-refractivity contribution in [2.45, 2.75) is 6.42 Å². The molecule has 0 amide bonds. The van der Waals surface area contributed by atoms with Gasteiger partial charge in [0.15, 0.2) is 0 Å². The van der Waals surface area contributed by atoms with Crippen LogP contribution >= 0.6 is 0 Å². The topological polar surface area (TPSA) is 64.8 Å². The fraction of sp³-hybridized carbons (Fsp3) is 0.500. The quantitative estimate of drug-likeness (QED) is 0.701. The third-order valence-electron chi connectivity index (χ3n) is 2.72. The fourth-order valence-electron chi connectivity index (χ4n) is 1.60. The Balaban J connectivity index is 2.26. The van der Waals surface area contributed by atoms with Crippen LogP contribution < -0.4 is 10.5 Å². The number of nitrogens with two attached hydrogens (primary N) is 1. The molecule has 1 aromatic rings. The molecule has 19 heavy (non-hydrogen) atoms. The van der Waals surface area contributed by atoms with Gasteiger partial charge < -0.3 is 15.2 Å². The molecule has 0 saturated carbocycles. The third kappa shape index (κ3) is 6.22. The number of esters is 1. The molecule has 0 aliphatic heterocycles. The second kappa shape index (κ2) is 8.50. The Labute approximate surface area is 114 Å². The number of nitrogens with zero attached hydrogens (tertiary/aromatic N) is 1. The molecule has 106 valence electrons. The van der Waals surface area contributed by atoms with Crippen molar-refractivity contribution in [3.8, 4) is 5.75 Å². The standard InChI is InChI=1S/C14H22N2O3/c1-16(11-14(17)18-2)9-10-19-13-5-3-12(4-6-13)7-8-15/h3-6H,7-11,15H2,1-2H3. The molecule has 0 fully saturated rings. The molecule has 0 unspecified atom stereocenters. The highest BCUT2D eigenvalue weighted by Crippen LogP contribution is 2.12. The molecule has 5 heteroatoms. The van der Waals surface area contributed by atoms with Crippen molar-refractivity contribution in [1.82, 2.24) is 4.90 Å². The largest absolute Gasteiger partial charge is 0.492 e. The lowest BCUT2D eigenvalue weighted by Gasteiger charge is -2.15. The van der Waals surface area contributed by atoms with Gasteiger partial charge in [-0.25, -0.2) is 0 Å². The highest BCUT2D eigenvalue weighted by Gasteiger charge is 2.05. The highest BCUT2D eigenvalue weighted by atomic mass is 16.5. The van der Waals surface area contributed by atoms with E-state index in [0.29, 0.717) is 19.7 Å². The van der Waals surface area contributed by atoms with E-state index in [0.717, 1.165) is 12.2 Å². The summed E-state index contributed by atoms with van der Waals surface area (Å²) in [4.78, 5) is 12.9. The van der Waals surface area contributed by atoms with Gasteiger partial charge in [0.2, 0.25) is 0 Å². The van der Waals surface area contributed by atoms with E-state index in [9.17, 15) is 4.79 Å². The predicted molar refractivity (Wildman–Crippen MR) is 74.2 cm³/mol. The fourth-order valence-corrected chi connectivity index (χ4v) is 1.60. The second-order valence-corrected chi connectivity index (χ2v) is 4.35. The van der Waals surface area contributed by atoms with E-state index in [1.54, 1.807) is 0 Å². The van der Waals surface area contributed by atoms with Crippen LogP contribution in [0.4, 0.5) is 0 Å². The van der Waals surface area contributed by atoms with Crippen molar-refractivity contribution in [2.24, 2.45) is 5.73 Å². The minimum absolute atomic E-state index is 0.242. The van der Waals surface area contributed by atoms with Crippen molar-refractivity contribution in [1.29, 1.82) is 0 Å². The Kier molecular flexibility index (Phi) is 6.92. The molecule has 0 saturated heterocycles. The van der Waals surface area contributed by atoms with Gasteiger partial charge >= 0.3 is 5.97 Å². The number of benzene rings is 1. The first kappa shape index (κ1) is 15.5. The summed E-state index contributed by atoms with van der Waals surface area (Å²) in [7, 11) is 3.24. The SMILES string of the molecule is COC(=O)CN(C)CCOc1ccc(CCN)cc1. The lowest BCUT2D eigenvalue weighted by Crippen LogP contribution is -2.30. The number of methoxy groups -OCH3 is 1. The van der Waals surface area contributed by atoms with Gasteiger partial charge in [-0.1, -0.05) is 12.1 Å².